The van der Waals surface area contributed by atoms with E-state index in [2.05, 4.69) is 27.7 Å². The van der Waals surface area contributed by atoms with Crippen molar-refractivity contribution in [3.63, 3.8) is 0 Å². The van der Waals surface area contributed by atoms with Crippen LogP contribution in [-0.2, 0) is 52.4 Å². The van der Waals surface area contributed by atoms with Gasteiger partial charge in [0.15, 0.2) is 12.2 Å². The molecule has 1 N–H and O–H groups in total. The Labute approximate surface area is 445 Å². The average Bonchev–Trinajstić information content (AvgIpc) is 4.16. The van der Waals surface area contributed by atoms with E-state index in [1.54, 1.807) is 0 Å². The maximum absolute atomic E-state index is 12.5. The molecule has 10 atom stereocenters. The van der Waals surface area contributed by atoms with Crippen molar-refractivity contribution in [2.75, 3.05) is 0 Å². The minimum Gasteiger partial charge on any atom is -0.459 e. The van der Waals surface area contributed by atoms with Crippen LogP contribution in [-0.4, -0.2) is 81.8 Å². The van der Waals surface area contributed by atoms with Gasteiger partial charge in [0, 0.05) is 12.3 Å². The van der Waals surface area contributed by atoms with Gasteiger partial charge in [0.1, 0.15) is 22.9 Å². The summed E-state index contributed by atoms with van der Waals surface area (Å²) in [6, 6.07) is 0. The molecule has 13 fully saturated rings. The average molecular weight is 1040 g/mol. The molecule has 74 heavy (non-hydrogen) atoms. The Morgan fingerprint density at radius 1 is 0.581 bits per heavy atom. The van der Waals surface area contributed by atoms with Gasteiger partial charge in [0.25, 0.3) is 0 Å². The Morgan fingerprint density at radius 3 is 1.57 bits per heavy atom. The molecule has 0 aromatic rings. The molecule has 3 heterocycles. The molecule has 0 amide bonds. The van der Waals surface area contributed by atoms with E-state index >= 15 is 0 Å². The molecule has 13 rings (SSSR count). The summed E-state index contributed by atoms with van der Waals surface area (Å²) in [5, 5.41) is 10.6. The highest BCUT2D eigenvalue weighted by Gasteiger charge is 2.66. The molecule has 3 aliphatic heterocycles. The summed E-state index contributed by atoms with van der Waals surface area (Å²) in [6.45, 7) is 30.1. The first-order valence-corrected chi connectivity index (χ1v) is 29.8. The second-order valence-corrected chi connectivity index (χ2v) is 29.6. The van der Waals surface area contributed by atoms with E-state index in [-0.39, 0.29) is 75.6 Å². The number of aliphatic hydroxyl groups is 1. The second kappa shape index (κ2) is 20.5. The van der Waals surface area contributed by atoms with Crippen LogP contribution in [0.2, 0.25) is 0 Å². The molecule has 420 valence electrons. The standard InChI is InChI=1S/C17H28O2.C16H26O3.C16H28O2.C13H18O5/c1-5-16(2,3)15(18)19-17(4)13-7-11-6-12(9-13)10-14(17)8-11;1-4-14(2,3)13(17)19-16-8-11-5-12(9-16)7-15(18,6-11)10-16;1-6-15(2,3)14(17)18-16(4,5)13-10-11-7-8-12(13)9-11;1-4-13(2,3)12(15)18-9-7-5-6-8(16-7)10(9)17-11(6)14/h11-14H,5-10H2,1-4H3;11-12,18H,4-10H2,1-3H3;11-13H,6-10H2,1-5H3;6-10H,4-5H2,1-3H3. The first-order valence-electron chi connectivity index (χ1n) is 29.8. The third-order valence-electron chi connectivity index (χ3n) is 22.1. The van der Waals surface area contributed by atoms with Crippen molar-refractivity contribution >= 4 is 29.8 Å². The molecular weight excluding hydrogens is 937 g/mol. The lowest BCUT2D eigenvalue weighted by Crippen LogP contribution is -2.61. The molecule has 12 nitrogen and oxygen atoms in total. The van der Waals surface area contributed by atoms with Gasteiger partial charge < -0.3 is 33.5 Å². The highest BCUT2D eigenvalue weighted by molar-refractivity contribution is 5.79. The Morgan fingerprint density at radius 2 is 1.08 bits per heavy atom. The van der Waals surface area contributed by atoms with Crippen molar-refractivity contribution < 1.29 is 57.5 Å². The van der Waals surface area contributed by atoms with Crippen molar-refractivity contribution in [2.45, 2.75) is 279 Å². The molecular formula is C62H100O12. The van der Waals surface area contributed by atoms with Gasteiger partial charge in [-0.3, -0.25) is 24.0 Å². The van der Waals surface area contributed by atoms with Gasteiger partial charge in [-0.15, -0.1) is 0 Å². The number of esters is 5. The van der Waals surface area contributed by atoms with Crippen molar-refractivity contribution in [3.8, 4) is 0 Å². The van der Waals surface area contributed by atoms with Crippen LogP contribution in [0.3, 0.4) is 0 Å². The number of ether oxygens (including phenoxy) is 6. The molecule has 10 saturated carbocycles. The zero-order chi connectivity index (χ0) is 54.4. The summed E-state index contributed by atoms with van der Waals surface area (Å²) in [6.07, 6.45) is 20.2. The highest BCUT2D eigenvalue weighted by Crippen LogP contribution is 2.61. The summed E-state index contributed by atoms with van der Waals surface area (Å²) in [5.74, 6) is 5.80. The summed E-state index contributed by atoms with van der Waals surface area (Å²) < 4.78 is 34.5. The minimum atomic E-state index is -0.555. The van der Waals surface area contributed by atoms with Crippen molar-refractivity contribution in [3.05, 3.63) is 0 Å². The molecule has 13 aliphatic rings. The van der Waals surface area contributed by atoms with Gasteiger partial charge in [-0.2, -0.15) is 0 Å². The smallest absolute Gasteiger partial charge is 0.312 e. The van der Waals surface area contributed by atoms with Crippen LogP contribution in [0, 0.1) is 80.8 Å². The van der Waals surface area contributed by atoms with Crippen LogP contribution in [0.4, 0.5) is 0 Å². The lowest BCUT2D eigenvalue weighted by atomic mass is 9.50. The van der Waals surface area contributed by atoms with Crippen molar-refractivity contribution in [1.82, 2.24) is 0 Å². The molecule has 0 aromatic carbocycles. The zero-order valence-electron chi connectivity index (χ0n) is 48.7. The molecule has 0 radical (unpaired) electrons. The summed E-state index contributed by atoms with van der Waals surface area (Å²) in [4.78, 5) is 60.7. The predicted octanol–water partition coefficient (Wildman–Crippen LogP) is 12.5. The fourth-order valence-corrected chi connectivity index (χ4v) is 16.0. The van der Waals surface area contributed by atoms with Gasteiger partial charge in [0.05, 0.1) is 39.3 Å². The normalized spacial score (nSPS) is 40.5. The van der Waals surface area contributed by atoms with Crippen LogP contribution in [0.25, 0.3) is 0 Å². The van der Waals surface area contributed by atoms with Crippen LogP contribution in [0.15, 0.2) is 0 Å². The van der Waals surface area contributed by atoms with E-state index in [1.807, 2.05) is 76.2 Å². The largest absolute Gasteiger partial charge is 0.459 e. The Hall–Kier alpha value is -2.73. The maximum atomic E-state index is 12.5. The fourth-order valence-electron chi connectivity index (χ4n) is 16.0. The number of fused-ring (bicyclic) bond motifs is 3. The Kier molecular flexibility index (Phi) is 15.9. The Bertz CT molecular complexity index is 2060. The molecule has 0 spiro atoms. The minimum absolute atomic E-state index is 0.0185. The third kappa shape index (κ3) is 11.3. The topological polar surface area (TPSA) is 161 Å². The number of hydrogen-bond donors (Lipinski definition) is 1. The van der Waals surface area contributed by atoms with E-state index in [9.17, 15) is 29.1 Å². The van der Waals surface area contributed by atoms with E-state index in [4.69, 9.17) is 28.4 Å². The molecule has 12 heteroatoms. The lowest BCUT2D eigenvalue weighted by molar-refractivity contribution is -0.225. The van der Waals surface area contributed by atoms with Gasteiger partial charge in [-0.1, -0.05) is 34.1 Å². The number of carbonyl (C=O) groups is 5. The monoisotopic (exact) mass is 1040 g/mol. The van der Waals surface area contributed by atoms with E-state index in [1.165, 1.54) is 64.2 Å². The van der Waals surface area contributed by atoms with Crippen molar-refractivity contribution in [1.29, 1.82) is 0 Å². The summed E-state index contributed by atoms with van der Waals surface area (Å²) >= 11 is 0. The number of hydrogen-bond acceptors (Lipinski definition) is 12. The number of carbonyl (C=O) groups excluding carboxylic acids is 5. The van der Waals surface area contributed by atoms with Gasteiger partial charge in [-0.25, -0.2) is 0 Å². The zero-order valence-corrected chi connectivity index (χ0v) is 48.7. The van der Waals surface area contributed by atoms with Gasteiger partial charge in [0.2, 0.25) is 0 Å². The van der Waals surface area contributed by atoms with E-state index < -0.39 is 28.6 Å². The SMILES string of the molecule is CCC(C)(C)C(=O)OC(C)(C)C1CC2CCC1C2.CCC(C)(C)C(=O)OC1(C)C2CC3CC(C2)CC1C3.CCC(C)(C)C(=O)OC12CC3CC(CC(O)(C3)C1)C2.CCC(C)(C)C(=O)OC1C2CC3C(=O)OC1C3O2. The lowest BCUT2D eigenvalue weighted by Gasteiger charge is -2.59. The quantitative estimate of drug-likeness (QED) is 0.138. The molecule has 10 unspecified atom stereocenters. The second-order valence-electron chi connectivity index (χ2n) is 29.6. The van der Waals surface area contributed by atoms with Gasteiger partial charge in [-0.05, 0) is 239 Å². The Balaban J connectivity index is 0.000000131. The highest BCUT2D eigenvalue weighted by atomic mass is 16.7. The third-order valence-corrected chi connectivity index (χ3v) is 22.1. The van der Waals surface area contributed by atoms with E-state index in [0.717, 1.165) is 68.6 Å². The molecule has 3 saturated heterocycles. The first kappa shape index (κ1) is 57.4. The maximum Gasteiger partial charge on any atom is 0.312 e. The predicted molar refractivity (Wildman–Crippen MR) is 282 cm³/mol. The summed E-state index contributed by atoms with van der Waals surface area (Å²) in [7, 11) is 0. The molecule has 12 bridgehead atoms. The molecule has 0 aromatic heterocycles. The van der Waals surface area contributed by atoms with Gasteiger partial charge >= 0.3 is 29.8 Å². The van der Waals surface area contributed by atoms with Crippen LogP contribution >= 0.6 is 0 Å². The van der Waals surface area contributed by atoms with Crippen LogP contribution in [0.1, 0.15) is 232 Å². The molecule has 10 aliphatic carbocycles. The first-order chi connectivity index (χ1) is 34.3. The van der Waals surface area contributed by atoms with E-state index in [0.29, 0.717) is 48.9 Å². The summed E-state index contributed by atoms with van der Waals surface area (Å²) in [5.41, 5.74) is -2.98. The van der Waals surface area contributed by atoms with Crippen LogP contribution < -0.4 is 0 Å². The van der Waals surface area contributed by atoms with Crippen molar-refractivity contribution in [2.24, 2.45) is 80.8 Å². The van der Waals surface area contributed by atoms with Crippen LogP contribution in [0.5, 0.6) is 0 Å². The fraction of sp³-hybridized carbons (Fsp3) is 0.919. The number of rotatable bonds is 13.